The first-order valence-electron chi connectivity index (χ1n) is 14.0. The summed E-state index contributed by atoms with van der Waals surface area (Å²) in [4.78, 5) is 42.7. The lowest BCUT2D eigenvalue weighted by atomic mass is 9.92. The van der Waals surface area contributed by atoms with E-state index in [0.717, 1.165) is 28.6 Å². The summed E-state index contributed by atoms with van der Waals surface area (Å²) >= 11 is 5.00. The van der Waals surface area contributed by atoms with Crippen LogP contribution in [-0.4, -0.2) is 78.4 Å². The van der Waals surface area contributed by atoms with Gasteiger partial charge in [0.2, 0.25) is 12.7 Å². The molecule has 1 aromatic carbocycles. The number of piperidine rings is 1. The Morgan fingerprint density at radius 3 is 2.57 bits per heavy atom. The molecule has 1 atom stereocenters. The van der Waals surface area contributed by atoms with Gasteiger partial charge < -0.3 is 34.7 Å². The molecule has 0 unspecified atom stereocenters. The number of hydrogen-bond donors (Lipinski definition) is 2. The largest absolute Gasteiger partial charge is 0.465 e. The van der Waals surface area contributed by atoms with Gasteiger partial charge in [-0.15, -0.1) is 0 Å². The van der Waals surface area contributed by atoms with Gasteiger partial charge in [0.25, 0.3) is 0 Å². The first-order valence-corrected chi connectivity index (χ1v) is 15.6. The summed E-state index contributed by atoms with van der Waals surface area (Å²) in [6.45, 7) is 9.74. The van der Waals surface area contributed by atoms with E-state index in [2.05, 4.69) is 25.9 Å². The second-order valence-corrected chi connectivity index (χ2v) is 13.6. The van der Waals surface area contributed by atoms with Gasteiger partial charge in [-0.1, -0.05) is 6.92 Å². The zero-order chi connectivity index (χ0) is 30.2. The van der Waals surface area contributed by atoms with Crippen LogP contribution in [0.4, 0.5) is 10.6 Å². The van der Waals surface area contributed by atoms with Crippen molar-refractivity contribution in [1.29, 1.82) is 0 Å². The highest BCUT2D eigenvalue weighted by molar-refractivity contribution is 9.10. The van der Waals surface area contributed by atoms with Gasteiger partial charge in [-0.25, -0.2) is 19.7 Å². The Kier molecular flexibility index (Phi) is 8.74. The molecule has 226 valence electrons. The number of benzene rings is 1. The van der Waals surface area contributed by atoms with Crippen LogP contribution >= 0.6 is 27.7 Å². The van der Waals surface area contributed by atoms with Gasteiger partial charge in [0.05, 0.1) is 12.2 Å². The van der Waals surface area contributed by atoms with Crippen molar-refractivity contribution in [1.82, 2.24) is 29.3 Å². The van der Waals surface area contributed by atoms with Gasteiger partial charge in [0.1, 0.15) is 0 Å². The molecule has 1 saturated heterocycles. The number of carbonyl (C=O) groups excluding carboxylic acids is 1. The van der Waals surface area contributed by atoms with Crippen molar-refractivity contribution >= 4 is 45.5 Å². The van der Waals surface area contributed by atoms with Crippen molar-refractivity contribution in [3.8, 4) is 23.0 Å². The van der Waals surface area contributed by atoms with E-state index in [9.17, 15) is 14.7 Å². The second kappa shape index (κ2) is 12.2. The summed E-state index contributed by atoms with van der Waals surface area (Å²) < 4.78 is 13.8. The van der Waals surface area contributed by atoms with E-state index in [1.54, 1.807) is 6.33 Å². The molecule has 1 aromatic rings. The molecular formula is C28H36BrN7O5S. The number of halogens is 1. The third kappa shape index (κ3) is 6.54. The maximum Gasteiger partial charge on any atom is 0.407 e. The normalized spacial score (nSPS) is 16.2. The van der Waals surface area contributed by atoms with Crippen LogP contribution in [0, 0.1) is 11.8 Å². The van der Waals surface area contributed by atoms with Crippen LogP contribution < -0.4 is 15.2 Å². The number of imidazole rings is 1. The van der Waals surface area contributed by atoms with Crippen molar-refractivity contribution in [3.63, 3.8) is 0 Å². The predicted octanol–water partition coefficient (Wildman–Crippen LogP) is 5.05. The zero-order valence-electron chi connectivity index (χ0n) is 24.2. The molecule has 4 heterocycles. The van der Waals surface area contributed by atoms with Gasteiger partial charge in [0.15, 0.2) is 34.0 Å². The third-order valence-corrected chi connectivity index (χ3v) is 9.56. The Morgan fingerprint density at radius 2 is 1.90 bits per heavy atom. The fourth-order valence-corrected chi connectivity index (χ4v) is 6.64. The van der Waals surface area contributed by atoms with E-state index < -0.39 is 17.6 Å². The number of nitrogens with two attached hydrogens (primary N) is 1. The molecule has 42 heavy (non-hydrogen) atoms. The highest BCUT2D eigenvalue weighted by atomic mass is 79.9. The SMILES string of the molecule is C[C@@H](CN(C(=O)O)C(C)(C)C)C(=O)N1CCC(CCn2cnc(N)c3nc(Sc4cc5c(cc4Br)OCO5)nc2-3)CC1. The predicted molar refractivity (Wildman–Crippen MR) is 161 cm³/mol. The molecule has 5 rings (SSSR count). The van der Waals surface area contributed by atoms with Crippen LogP contribution in [0.2, 0.25) is 0 Å². The van der Waals surface area contributed by atoms with E-state index in [4.69, 9.17) is 20.2 Å². The zero-order valence-corrected chi connectivity index (χ0v) is 26.6. The van der Waals surface area contributed by atoms with E-state index in [-0.39, 0.29) is 19.2 Å². The first kappa shape index (κ1) is 30.2. The summed E-state index contributed by atoms with van der Waals surface area (Å²) in [5.41, 5.74) is 6.16. The van der Waals surface area contributed by atoms with E-state index in [0.29, 0.717) is 59.5 Å². The second-order valence-electron chi connectivity index (χ2n) is 11.8. The maximum atomic E-state index is 13.1. The molecule has 3 N–H and O–H groups in total. The number of ether oxygens (including phenoxy) is 2. The van der Waals surface area contributed by atoms with Crippen LogP contribution in [0.25, 0.3) is 11.5 Å². The molecule has 0 saturated carbocycles. The Balaban J connectivity index is 1.18. The number of carbonyl (C=O) groups is 2. The topological polar surface area (TPSA) is 149 Å². The quantitative estimate of drug-likeness (QED) is 0.336. The van der Waals surface area contributed by atoms with Crippen LogP contribution in [0.3, 0.4) is 0 Å². The van der Waals surface area contributed by atoms with Crippen LogP contribution in [0.1, 0.15) is 47.0 Å². The van der Waals surface area contributed by atoms with Crippen molar-refractivity contribution < 1.29 is 24.2 Å². The standard InChI is InChI=1S/C28H36BrN7O5S/c1-16(13-36(27(38)39)28(2,3)4)25(37)34-8-5-17(6-9-34)7-10-35-14-31-23(30)22-24(35)33-26(32-22)42-21-12-20-19(11-18(21)29)40-15-41-20/h11-12,14,16-17H,5-10,13,15,30H2,1-4H3,(H,38,39)/t16-/m0/s1. The lowest BCUT2D eigenvalue weighted by molar-refractivity contribution is -0.137. The number of fused-ring (bicyclic) bond motifs is 2. The monoisotopic (exact) mass is 661 g/mol. The number of likely N-dealkylation sites (tertiary alicyclic amines) is 1. The molecule has 0 aromatic heterocycles. The summed E-state index contributed by atoms with van der Waals surface area (Å²) in [5.74, 6) is 2.45. The number of anilines is 1. The van der Waals surface area contributed by atoms with Gasteiger partial charge in [-0.2, -0.15) is 0 Å². The summed E-state index contributed by atoms with van der Waals surface area (Å²) in [6.07, 6.45) is 3.38. The molecule has 12 nitrogen and oxygen atoms in total. The Bertz CT molecular complexity index is 1440. The molecule has 14 heteroatoms. The Hall–Kier alpha value is -3.26. The molecule has 0 aliphatic carbocycles. The minimum absolute atomic E-state index is 0.00829. The number of aryl methyl sites for hydroxylation is 1. The number of amides is 2. The first-order chi connectivity index (χ1) is 19.9. The van der Waals surface area contributed by atoms with Gasteiger partial charge in [-0.05, 0) is 85.8 Å². The van der Waals surface area contributed by atoms with Crippen LogP contribution in [-0.2, 0) is 11.3 Å². The van der Waals surface area contributed by atoms with Crippen LogP contribution in [0.5, 0.6) is 11.5 Å². The van der Waals surface area contributed by atoms with Gasteiger partial charge in [-0.3, -0.25) is 4.79 Å². The average Bonchev–Trinajstić information content (AvgIpc) is 3.58. The van der Waals surface area contributed by atoms with E-state index >= 15 is 0 Å². The number of nitrogens with zero attached hydrogens (tertiary/aromatic N) is 6. The van der Waals surface area contributed by atoms with Crippen LogP contribution in [0.15, 0.2) is 33.0 Å². The fraction of sp³-hybridized carbons (Fsp3) is 0.536. The molecule has 0 radical (unpaired) electrons. The number of carboxylic acid groups (broad SMARTS) is 1. The van der Waals surface area contributed by atoms with Gasteiger partial charge in [0, 0.05) is 41.1 Å². The number of aromatic nitrogens is 4. The van der Waals surface area contributed by atoms with E-state index in [1.807, 2.05) is 49.3 Å². The van der Waals surface area contributed by atoms with Crippen molar-refractivity contribution in [2.24, 2.45) is 11.8 Å². The number of hydrogen-bond acceptors (Lipinski definition) is 9. The van der Waals surface area contributed by atoms with Crippen molar-refractivity contribution in [2.45, 2.75) is 69.1 Å². The highest BCUT2D eigenvalue weighted by Gasteiger charge is 2.32. The summed E-state index contributed by atoms with van der Waals surface area (Å²) in [7, 11) is 0. The molecule has 0 spiro atoms. The maximum absolute atomic E-state index is 13.1. The average molecular weight is 663 g/mol. The minimum atomic E-state index is -1.01. The molecule has 1 fully saturated rings. The number of nitrogen functional groups attached to an aromatic ring is 1. The molecular weight excluding hydrogens is 626 g/mol. The lowest BCUT2D eigenvalue weighted by Gasteiger charge is -2.37. The Morgan fingerprint density at radius 1 is 1.21 bits per heavy atom. The summed E-state index contributed by atoms with van der Waals surface area (Å²) in [6, 6.07) is 3.78. The van der Waals surface area contributed by atoms with E-state index in [1.165, 1.54) is 16.7 Å². The molecule has 0 bridgehead atoms. The molecule has 2 amide bonds. The van der Waals surface area contributed by atoms with Crippen molar-refractivity contribution in [3.05, 3.63) is 22.9 Å². The fourth-order valence-electron chi connectivity index (χ4n) is 5.28. The molecule has 4 aliphatic heterocycles. The summed E-state index contributed by atoms with van der Waals surface area (Å²) in [5, 5.41) is 10.2. The lowest BCUT2D eigenvalue weighted by Crippen LogP contribution is -2.50. The minimum Gasteiger partial charge on any atom is -0.465 e. The van der Waals surface area contributed by atoms with Gasteiger partial charge >= 0.3 is 6.09 Å². The highest BCUT2D eigenvalue weighted by Crippen LogP contribution is 2.43. The smallest absolute Gasteiger partial charge is 0.407 e. The molecule has 4 aliphatic rings. The number of rotatable bonds is 8. The van der Waals surface area contributed by atoms with Crippen molar-refractivity contribution in [2.75, 3.05) is 32.2 Å². The third-order valence-electron chi connectivity index (χ3n) is 7.72. The Labute approximate surface area is 257 Å².